The van der Waals surface area contributed by atoms with Gasteiger partial charge in [-0.2, -0.15) is 0 Å². The molecule has 2 aliphatic heterocycles. The molecule has 13 nitrogen and oxygen atoms in total. The van der Waals surface area contributed by atoms with Gasteiger partial charge in [-0.3, -0.25) is 0 Å². The average molecular weight is 767 g/mol. The van der Waals surface area contributed by atoms with Crippen LogP contribution in [-0.2, 0) is 23.7 Å². The summed E-state index contributed by atoms with van der Waals surface area (Å²) >= 11 is 0. The molecule has 0 radical (unpaired) electrons. The number of carboxylic acids is 1. The Labute approximate surface area is 319 Å². The van der Waals surface area contributed by atoms with Gasteiger partial charge in [0.05, 0.1) is 25.4 Å². The summed E-state index contributed by atoms with van der Waals surface area (Å²) in [5, 5.41) is 85.5. The molecule has 0 aromatic rings. The number of hydrogen-bond donors (Lipinski definition) is 8. The fourth-order valence-electron chi connectivity index (χ4n) is 13.4. The molecule has 308 valence electrons. The molecule has 2 heterocycles. The van der Waals surface area contributed by atoms with Gasteiger partial charge in [0.1, 0.15) is 36.6 Å². The molecule has 0 bridgehead atoms. The Morgan fingerprint density at radius 1 is 0.796 bits per heavy atom. The number of fused-ring (bicyclic) bond motifs is 7. The van der Waals surface area contributed by atoms with Crippen molar-refractivity contribution in [2.24, 2.45) is 50.2 Å². The lowest BCUT2D eigenvalue weighted by Crippen LogP contribution is -2.67. The Hall–Kier alpha value is -1.23. The fraction of sp³-hybridized carbons (Fsp3) is 0.927. The van der Waals surface area contributed by atoms with Crippen LogP contribution in [0.5, 0.6) is 0 Å². The van der Waals surface area contributed by atoms with E-state index in [1.165, 1.54) is 5.57 Å². The quantitative estimate of drug-likeness (QED) is 0.144. The smallest absolute Gasteiger partial charge is 0.335 e. The molecule has 13 heteroatoms. The van der Waals surface area contributed by atoms with Crippen molar-refractivity contribution in [1.82, 2.24) is 0 Å². The molecule has 0 amide bonds. The van der Waals surface area contributed by atoms with Crippen molar-refractivity contribution in [3.63, 3.8) is 0 Å². The van der Waals surface area contributed by atoms with Crippen LogP contribution in [0.1, 0.15) is 106 Å². The summed E-state index contributed by atoms with van der Waals surface area (Å²) in [6, 6.07) is 0. The van der Waals surface area contributed by atoms with Crippen LogP contribution in [0.3, 0.4) is 0 Å². The normalized spacial score (nSPS) is 55.7. The summed E-state index contributed by atoms with van der Waals surface area (Å²) < 4.78 is 23.7. The number of aliphatic hydroxyl groups excluding tert-OH is 7. The summed E-state index contributed by atoms with van der Waals surface area (Å²) in [5.41, 5.74) is 0.419. The van der Waals surface area contributed by atoms with Crippen molar-refractivity contribution in [1.29, 1.82) is 0 Å². The van der Waals surface area contributed by atoms with E-state index >= 15 is 0 Å². The molecule has 7 aliphatic rings. The standard InChI is InChI=1S/C41H66O13/c1-36(2)16-21-20-8-9-24-38(4)12-11-26(39(5,19-42)23(38)10-13-41(24,7)40(20,6)15-14-37(21,3)25(44)17-36)52-35-32(29(47)28(46)31(53-35)33(49)50)54-34-30(48)27(45)22(43)18-51-34/h8,21-32,34-35,42-48H,9-19H2,1-7H3,(H,49,50)/t21-,22-,23+,24+,25-,26+,27-,28-,29-,30+,31-,32+,34-,35+,37+,38-,39-,40+,41+/m0/s1. The number of hydrogen-bond acceptors (Lipinski definition) is 12. The van der Waals surface area contributed by atoms with E-state index in [0.717, 1.165) is 51.4 Å². The van der Waals surface area contributed by atoms with Crippen molar-refractivity contribution in [2.75, 3.05) is 13.2 Å². The van der Waals surface area contributed by atoms with E-state index in [9.17, 15) is 45.6 Å². The Kier molecular flexibility index (Phi) is 10.4. The first kappa shape index (κ1) is 40.9. The third-order valence-corrected chi connectivity index (χ3v) is 17.0. The third-order valence-electron chi connectivity index (χ3n) is 17.0. The number of ether oxygens (including phenoxy) is 4. The maximum atomic E-state index is 12.1. The van der Waals surface area contributed by atoms with Gasteiger partial charge in [-0.15, -0.1) is 0 Å². The van der Waals surface area contributed by atoms with Gasteiger partial charge in [0.25, 0.3) is 0 Å². The minimum atomic E-state index is -1.91. The molecule has 0 aromatic heterocycles. The van der Waals surface area contributed by atoms with Gasteiger partial charge in [-0.25, -0.2) is 4.79 Å². The van der Waals surface area contributed by atoms with Crippen LogP contribution in [0.2, 0.25) is 0 Å². The van der Waals surface area contributed by atoms with Crippen molar-refractivity contribution in [2.45, 2.75) is 174 Å². The van der Waals surface area contributed by atoms with E-state index in [-0.39, 0.29) is 52.3 Å². The maximum absolute atomic E-state index is 12.1. The average Bonchev–Trinajstić information content (AvgIpc) is 3.10. The summed E-state index contributed by atoms with van der Waals surface area (Å²) in [6.45, 7) is 15.7. The summed E-state index contributed by atoms with van der Waals surface area (Å²) in [7, 11) is 0. The van der Waals surface area contributed by atoms with E-state index in [0.29, 0.717) is 18.3 Å². The van der Waals surface area contributed by atoms with Gasteiger partial charge in [0, 0.05) is 10.8 Å². The lowest BCUT2D eigenvalue weighted by atomic mass is 9.33. The predicted octanol–water partition coefficient (Wildman–Crippen LogP) is 2.49. The minimum absolute atomic E-state index is 0.0143. The first-order chi connectivity index (χ1) is 25.1. The van der Waals surface area contributed by atoms with E-state index < -0.39 is 72.8 Å². The van der Waals surface area contributed by atoms with Crippen molar-refractivity contribution in [3.8, 4) is 0 Å². The highest BCUT2D eigenvalue weighted by molar-refractivity contribution is 5.73. The molecule has 5 aliphatic carbocycles. The SMILES string of the molecule is CC1(C)C[C@H](O)[C@]2(C)CC[C@]3(C)C(=CC[C@@H]4[C@@]5(C)CC[C@@H](O[C@@H]6O[C@H](C(=O)O)[C@@H](O)[C@H](O)[C@H]6O[C@@H]6OC[C@H](O)[C@H](O)[C@H]6O)[C@@](C)(CO)[C@@H]5CC[C@]43C)[C@@H]2C1. The van der Waals surface area contributed by atoms with Gasteiger partial charge < -0.3 is 59.8 Å². The molecule has 8 N–H and O–H groups in total. The first-order valence-corrected chi connectivity index (χ1v) is 20.3. The fourth-order valence-corrected chi connectivity index (χ4v) is 13.4. The number of carbonyl (C=O) groups is 1. The van der Waals surface area contributed by atoms with Crippen molar-refractivity contribution >= 4 is 5.97 Å². The second kappa shape index (κ2) is 13.7. The van der Waals surface area contributed by atoms with Gasteiger partial charge in [-0.1, -0.05) is 60.1 Å². The number of allylic oxidation sites excluding steroid dienone is 2. The van der Waals surface area contributed by atoms with E-state index in [2.05, 4.69) is 47.6 Å². The number of aliphatic hydroxyl groups is 7. The largest absolute Gasteiger partial charge is 0.479 e. The van der Waals surface area contributed by atoms with E-state index in [1.807, 2.05) is 6.92 Å². The lowest BCUT2D eigenvalue weighted by Gasteiger charge is -2.72. The number of aliphatic carboxylic acids is 1. The van der Waals surface area contributed by atoms with Crippen LogP contribution in [0, 0.1) is 50.2 Å². The third kappa shape index (κ3) is 5.92. The highest BCUT2D eigenvalue weighted by Crippen LogP contribution is 2.76. The molecule has 6 fully saturated rings. The molecule has 0 unspecified atom stereocenters. The molecule has 4 saturated carbocycles. The second-order valence-corrected chi connectivity index (χ2v) is 20.4. The Bertz CT molecular complexity index is 1470. The molecule has 19 atom stereocenters. The minimum Gasteiger partial charge on any atom is -0.479 e. The number of carboxylic acid groups (broad SMARTS) is 1. The highest BCUT2D eigenvalue weighted by Gasteiger charge is 2.69. The zero-order valence-corrected chi connectivity index (χ0v) is 33.1. The van der Waals surface area contributed by atoms with Crippen LogP contribution in [0.25, 0.3) is 0 Å². The Morgan fingerprint density at radius 2 is 1.50 bits per heavy atom. The van der Waals surface area contributed by atoms with Gasteiger partial charge in [0.15, 0.2) is 18.7 Å². The molecule has 2 saturated heterocycles. The van der Waals surface area contributed by atoms with E-state index in [4.69, 9.17) is 18.9 Å². The van der Waals surface area contributed by atoms with Gasteiger partial charge in [0.2, 0.25) is 0 Å². The van der Waals surface area contributed by atoms with Crippen LogP contribution in [-0.4, -0.2) is 128 Å². The molecule has 0 spiro atoms. The van der Waals surface area contributed by atoms with Crippen LogP contribution < -0.4 is 0 Å². The van der Waals surface area contributed by atoms with Crippen LogP contribution >= 0.6 is 0 Å². The zero-order chi connectivity index (χ0) is 39.6. The van der Waals surface area contributed by atoms with Crippen molar-refractivity contribution in [3.05, 3.63) is 11.6 Å². The number of rotatable bonds is 6. The van der Waals surface area contributed by atoms with Gasteiger partial charge in [-0.05, 0) is 97.2 Å². The van der Waals surface area contributed by atoms with Crippen LogP contribution in [0.4, 0.5) is 0 Å². The molecule has 54 heavy (non-hydrogen) atoms. The summed E-state index contributed by atoms with van der Waals surface area (Å²) in [5.74, 6) is -0.852. The Morgan fingerprint density at radius 3 is 2.17 bits per heavy atom. The van der Waals surface area contributed by atoms with Gasteiger partial charge >= 0.3 is 5.97 Å². The molecule has 0 aromatic carbocycles. The first-order valence-electron chi connectivity index (χ1n) is 20.3. The molecular weight excluding hydrogens is 700 g/mol. The van der Waals surface area contributed by atoms with Crippen molar-refractivity contribution < 1.29 is 64.6 Å². The van der Waals surface area contributed by atoms with Crippen LogP contribution in [0.15, 0.2) is 11.6 Å². The molecule has 7 rings (SSSR count). The Balaban J connectivity index is 1.17. The summed E-state index contributed by atoms with van der Waals surface area (Å²) in [6.07, 6.45) is -5.53. The second-order valence-electron chi connectivity index (χ2n) is 20.4. The molecular formula is C41H66O13. The monoisotopic (exact) mass is 766 g/mol. The summed E-state index contributed by atoms with van der Waals surface area (Å²) in [4.78, 5) is 12.1. The topological polar surface area (TPSA) is 216 Å². The predicted molar refractivity (Wildman–Crippen MR) is 193 cm³/mol. The zero-order valence-electron chi connectivity index (χ0n) is 33.1. The highest BCUT2D eigenvalue weighted by atomic mass is 16.8. The maximum Gasteiger partial charge on any atom is 0.335 e. The lowest BCUT2D eigenvalue weighted by molar-refractivity contribution is -0.367. The van der Waals surface area contributed by atoms with E-state index in [1.54, 1.807) is 0 Å².